The maximum atomic E-state index is 12.3. The van der Waals surface area contributed by atoms with E-state index in [-0.39, 0.29) is 5.97 Å². The second-order valence-electron chi connectivity index (χ2n) is 6.36. The van der Waals surface area contributed by atoms with E-state index in [1.807, 2.05) is 0 Å². The molecule has 1 N–H and O–H groups in total. The average Bonchev–Trinajstić information content (AvgIpc) is 3.25. The number of carbonyl (C=O) groups excluding carboxylic acids is 1. The summed E-state index contributed by atoms with van der Waals surface area (Å²) in [6.45, 7) is 4.72. The number of carbonyl (C=O) groups is 1. The molecule has 0 heterocycles. The molecule has 122 valence electrons. The summed E-state index contributed by atoms with van der Waals surface area (Å²) in [6, 6.07) is 1.17. The third kappa shape index (κ3) is 3.96. The molecule has 0 saturated heterocycles. The molecule has 21 heavy (non-hydrogen) atoms. The van der Waals surface area contributed by atoms with E-state index >= 15 is 0 Å². The molecule has 2 aliphatic carbocycles. The molecule has 2 unspecified atom stereocenters. The van der Waals surface area contributed by atoms with Crippen LogP contribution in [-0.4, -0.2) is 62.4 Å². The van der Waals surface area contributed by atoms with Gasteiger partial charge in [0.05, 0.1) is 13.7 Å². The average molecular weight is 298 g/mol. The van der Waals surface area contributed by atoms with Crippen molar-refractivity contribution >= 4 is 5.97 Å². The molecule has 2 fully saturated rings. The van der Waals surface area contributed by atoms with Gasteiger partial charge in [0.1, 0.15) is 5.54 Å². The Bertz CT molecular complexity index is 346. The van der Waals surface area contributed by atoms with Crippen LogP contribution in [0.3, 0.4) is 0 Å². The molecule has 5 heteroatoms. The molecule has 0 radical (unpaired) electrons. The zero-order valence-electron chi connectivity index (χ0n) is 13.7. The van der Waals surface area contributed by atoms with Crippen molar-refractivity contribution in [2.24, 2.45) is 0 Å². The monoisotopic (exact) mass is 298 g/mol. The van der Waals surface area contributed by atoms with Crippen LogP contribution in [0.15, 0.2) is 0 Å². The minimum Gasteiger partial charge on any atom is -0.468 e. The quantitative estimate of drug-likeness (QED) is 0.655. The first-order valence-electron chi connectivity index (χ1n) is 8.25. The highest BCUT2D eigenvalue weighted by Gasteiger charge is 2.49. The van der Waals surface area contributed by atoms with E-state index < -0.39 is 5.54 Å². The number of nitrogens with one attached hydrogen (secondary N) is 1. The predicted molar refractivity (Wildman–Crippen MR) is 82.3 cm³/mol. The number of hydrogen-bond donors (Lipinski definition) is 1. The maximum Gasteiger partial charge on any atom is 0.326 e. The molecule has 2 aliphatic rings. The van der Waals surface area contributed by atoms with Gasteiger partial charge in [-0.1, -0.05) is 6.92 Å². The van der Waals surface area contributed by atoms with Crippen LogP contribution in [0.2, 0.25) is 0 Å². The lowest BCUT2D eigenvalue weighted by atomic mass is 9.97. The van der Waals surface area contributed by atoms with Gasteiger partial charge in [-0.2, -0.15) is 0 Å². The van der Waals surface area contributed by atoms with E-state index in [0.29, 0.717) is 12.1 Å². The van der Waals surface area contributed by atoms with E-state index in [1.165, 1.54) is 20.0 Å². The molecule has 5 nitrogen and oxygen atoms in total. The SMILES string of the molecule is CCCNC1(C(=O)OC)CCC(N(CCOC)C2CC2)C1. The van der Waals surface area contributed by atoms with Gasteiger partial charge in [-0.25, -0.2) is 0 Å². The number of ether oxygens (including phenoxy) is 2. The van der Waals surface area contributed by atoms with Crippen LogP contribution in [0, 0.1) is 0 Å². The first kappa shape index (κ1) is 16.7. The molecule has 0 amide bonds. The van der Waals surface area contributed by atoms with Crippen molar-refractivity contribution in [1.82, 2.24) is 10.2 Å². The molecule has 2 atom stereocenters. The van der Waals surface area contributed by atoms with Crippen molar-refractivity contribution in [1.29, 1.82) is 0 Å². The lowest BCUT2D eigenvalue weighted by Crippen LogP contribution is -2.52. The Morgan fingerprint density at radius 2 is 2.05 bits per heavy atom. The topological polar surface area (TPSA) is 50.8 Å². The van der Waals surface area contributed by atoms with Crippen LogP contribution in [0.25, 0.3) is 0 Å². The molecule has 0 aromatic carbocycles. The largest absolute Gasteiger partial charge is 0.468 e. The van der Waals surface area contributed by atoms with E-state index in [9.17, 15) is 4.79 Å². The van der Waals surface area contributed by atoms with Crippen LogP contribution < -0.4 is 5.32 Å². The van der Waals surface area contributed by atoms with Crippen LogP contribution in [0.1, 0.15) is 45.4 Å². The number of rotatable bonds is 9. The van der Waals surface area contributed by atoms with Gasteiger partial charge in [0.15, 0.2) is 0 Å². The molecule has 0 spiro atoms. The van der Waals surface area contributed by atoms with Crippen molar-refractivity contribution in [3.63, 3.8) is 0 Å². The van der Waals surface area contributed by atoms with Crippen molar-refractivity contribution in [2.45, 2.75) is 63.1 Å². The smallest absolute Gasteiger partial charge is 0.326 e. The van der Waals surface area contributed by atoms with Gasteiger partial charge in [0, 0.05) is 25.7 Å². The highest BCUT2D eigenvalue weighted by atomic mass is 16.5. The Kier molecular flexibility index (Phi) is 6.02. The van der Waals surface area contributed by atoms with Gasteiger partial charge in [-0.15, -0.1) is 0 Å². The molecule has 0 aromatic rings. The standard InChI is InChI=1S/C16H30N2O3/c1-4-9-17-16(15(19)21-3)8-7-14(12-16)18(10-11-20-2)13-5-6-13/h13-14,17H,4-12H2,1-3H3. The fraction of sp³-hybridized carbons (Fsp3) is 0.938. The van der Waals surface area contributed by atoms with E-state index in [0.717, 1.165) is 45.4 Å². The van der Waals surface area contributed by atoms with Crippen LogP contribution in [0.4, 0.5) is 0 Å². The zero-order chi connectivity index (χ0) is 15.3. The van der Waals surface area contributed by atoms with Gasteiger partial charge >= 0.3 is 5.97 Å². The molecular weight excluding hydrogens is 268 g/mol. The van der Waals surface area contributed by atoms with Crippen molar-refractivity contribution in [2.75, 3.05) is 33.9 Å². The molecule has 0 aliphatic heterocycles. The van der Waals surface area contributed by atoms with Gasteiger partial charge in [0.2, 0.25) is 0 Å². The molecular formula is C16H30N2O3. The minimum atomic E-state index is -0.477. The lowest BCUT2D eigenvalue weighted by Gasteiger charge is -2.32. The van der Waals surface area contributed by atoms with Gasteiger partial charge in [-0.05, 0) is 45.1 Å². The highest BCUT2D eigenvalue weighted by molar-refractivity contribution is 5.81. The zero-order valence-corrected chi connectivity index (χ0v) is 13.7. The highest BCUT2D eigenvalue weighted by Crippen LogP contribution is 2.39. The third-order valence-corrected chi connectivity index (χ3v) is 4.82. The third-order valence-electron chi connectivity index (χ3n) is 4.82. The summed E-state index contributed by atoms with van der Waals surface area (Å²) in [5.74, 6) is -0.0964. The van der Waals surface area contributed by atoms with E-state index in [1.54, 1.807) is 7.11 Å². The molecule has 2 rings (SSSR count). The first-order chi connectivity index (χ1) is 10.2. The summed E-state index contributed by atoms with van der Waals surface area (Å²) in [7, 11) is 3.25. The summed E-state index contributed by atoms with van der Waals surface area (Å²) < 4.78 is 10.3. The number of hydrogen-bond acceptors (Lipinski definition) is 5. The summed E-state index contributed by atoms with van der Waals surface area (Å²) >= 11 is 0. The number of nitrogens with zero attached hydrogens (tertiary/aromatic N) is 1. The molecule has 0 bridgehead atoms. The fourth-order valence-electron chi connectivity index (χ4n) is 3.55. The maximum absolute atomic E-state index is 12.3. The van der Waals surface area contributed by atoms with Gasteiger partial charge in [0.25, 0.3) is 0 Å². The number of esters is 1. The van der Waals surface area contributed by atoms with Gasteiger partial charge in [-0.3, -0.25) is 9.69 Å². The Morgan fingerprint density at radius 1 is 1.29 bits per heavy atom. The minimum absolute atomic E-state index is 0.0964. The van der Waals surface area contributed by atoms with Crippen molar-refractivity contribution < 1.29 is 14.3 Å². The fourth-order valence-corrected chi connectivity index (χ4v) is 3.55. The van der Waals surface area contributed by atoms with Gasteiger partial charge < -0.3 is 14.8 Å². The summed E-state index contributed by atoms with van der Waals surface area (Å²) in [4.78, 5) is 14.8. The predicted octanol–water partition coefficient (Wildman–Crippen LogP) is 1.56. The second kappa shape index (κ2) is 7.56. The van der Waals surface area contributed by atoms with Crippen LogP contribution >= 0.6 is 0 Å². The van der Waals surface area contributed by atoms with E-state index in [4.69, 9.17) is 9.47 Å². The lowest BCUT2D eigenvalue weighted by molar-refractivity contribution is -0.148. The van der Waals surface area contributed by atoms with Crippen LogP contribution in [-0.2, 0) is 14.3 Å². The Hall–Kier alpha value is -0.650. The Balaban J connectivity index is 2.01. The normalized spacial score (nSPS) is 29.0. The summed E-state index contributed by atoms with van der Waals surface area (Å²) in [6.07, 6.45) is 6.40. The summed E-state index contributed by atoms with van der Waals surface area (Å²) in [5, 5.41) is 3.46. The summed E-state index contributed by atoms with van der Waals surface area (Å²) in [5.41, 5.74) is -0.477. The number of methoxy groups -OCH3 is 2. The Morgan fingerprint density at radius 3 is 2.62 bits per heavy atom. The van der Waals surface area contributed by atoms with E-state index in [2.05, 4.69) is 17.1 Å². The van der Waals surface area contributed by atoms with Crippen molar-refractivity contribution in [3.05, 3.63) is 0 Å². The molecule has 0 aromatic heterocycles. The van der Waals surface area contributed by atoms with Crippen molar-refractivity contribution in [3.8, 4) is 0 Å². The van der Waals surface area contributed by atoms with Crippen LogP contribution in [0.5, 0.6) is 0 Å². The second-order valence-corrected chi connectivity index (χ2v) is 6.36. The Labute approximate surface area is 128 Å². The molecule has 2 saturated carbocycles. The first-order valence-corrected chi connectivity index (χ1v) is 8.25.